The molecule has 6 heteroatoms. The molecule has 0 bridgehead atoms. The van der Waals surface area contributed by atoms with Crippen LogP contribution in [0.15, 0.2) is 47.4 Å². The zero-order valence-corrected chi connectivity index (χ0v) is 16.9. The van der Waals surface area contributed by atoms with Crippen LogP contribution in [0.2, 0.25) is 0 Å². The second-order valence-corrected chi connectivity index (χ2v) is 9.03. The molecule has 1 saturated heterocycles. The standard InChI is InChI=1S/C21H25NO4S/c1-21(2,3)26-20(24)22-13-17(12-18(22)19(23)25-4)27-16-10-9-14-7-5-6-8-15(14)11-16/h5-11,17-18H,12-13H2,1-4H3/t17?,18-/m1/s1. The van der Waals surface area contributed by atoms with E-state index in [0.29, 0.717) is 13.0 Å². The number of methoxy groups -OCH3 is 1. The van der Waals surface area contributed by atoms with Crippen molar-refractivity contribution in [2.45, 2.75) is 49.0 Å². The number of hydrogen-bond acceptors (Lipinski definition) is 5. The molecule has 1 aliphatic rings. The van der Waals surface area contributed by atoms with Gasteiger partial charge in [-0.1, -0.05) is 30.3 Å². The maximum Gasteiger partial charge on any atom is 0.411 e. The second kappa shape index (κ2) is 7.80. The highest BCUT2D eigenvalue weighted by molar-refractivity contribution is 8.00. The van der Waals surface area contributed by atoms with E-state index in [-0.39, 0.29) is 5.25 Å². The van der Waals surface area contributed by atoms with E-state index >= 15 is 0 Å². The summed E-state index contributed by atoms with van der Waals surface area (Å²) < 4.78 is 10.4. The van der Waals surface area contributed by atoms with E-state index in [1.54, 1.807) is 11.8 Å². The highest BCUT2D eigenvalue weighted by Crippen LogP contribution is 2.35. The van der Waals surface area contributed by atoms with Gasteiger partial charge in [-0.15, -0.1) is 11.8 Å². The van der Waals surface area contributed by atoms with Gasteiger partial charge in [0.25, 0.3) is 0 Å². The van der Waals surface area contributed by atoms with Crippen LogP contribution in [-0.2, 0) is 14.3 Å². The lowest BCUT2D eigenvalue weighted by atomic mass is 10.1. The Kier molecular flexibility index (Phi) is 5.65. The molecule has 0 spiro atoms. The summed E-state index contributed by atoms with van der Waals surface area (Å²) in [6.45, 7) is 5.90. The number of thioether (sulfide) groups is 1. The van der Waals surface area contributed by atoms with Crippen molar-refractivity contribution >= 4 is 34.6 Å². The number of fused-ring (bicyclic) bond motifs is 1. The summed E-state index contributed by atoms with van der Waals surface area (Å²) in [5, 5.41) is 2.47. The number of esters is 1. The summed E-state index contributed by atoms with van der Waals surface area (Å²) in [6.07, 6.45) is 0.0724. The number of carbonyl (C=O) groups is 2. The first-order chi connectivity index (χ1) is 12.8. The average molecular weight is 388 g/mol. The minimum absolute atomic E-state index is 0.0998. The molecule has 0 saturated carbocycles. The zero-order chi connectivity index (χ0) is 19.6. The van der Waals surface area contributed by atoms with E-state index < -0.39 is 23.7 Å². The molecule has 1 unspecified atom stereocenters. The van der Waals surface area contributed by atoms with Gasteiger partial charge in [-0.3, -0.25) is 4.90 Å². The molecule has 2 aromatic rings. The van der Waals surface area contributed by atoms with E-state index in [1.807, 2.05) is 32.9 Å². The Labute approximate surface area is 164 Å². The molecule has 0 aliphatic carbocycles. The lowest BCUT2D eigenvalue weighted by Crippen LogP contribution is -2.43. The molecule has 144 valence electrons. The summed E-state index contributed by atoms with van der Waals surface area (Å²) in [6, 6.07) is 13.9. The van der Waals surface area contributed by atoms with Crippen LogP contribution in [0.5, 0.6) is 0 Å². The Hall–Kier alpha value is -2.21. The molecule has 0 N–H and O–H groups in total. The Bertz CT molecular complexity index is 845. The van der Waals surface area contributed by atoms with Crippen molar-refractivity contribution in [2.24, 2.45) is 0 Å². The van der Waals surface area contributed by atoms with E-state index in [2.05, 4.69) is 30.3 Å². The van der Waals surface area contributed by atoms with Crippen LogP contribution in [0.4, 0.5) is 4.79 Å². The highest BCUT2D eigenvalue weighted by atomic mass is 32.2. The minimum Gasteiger partial charge on any atom is -0.467 e. The molecule has 3 rings (SSSR count). The van der Waals surface area contributed by atoms with Gasteiger partial charge < -0.3 is 9.47 Å². The van der Waals surface area contributed by atoms with Gasteiger partial charge in [0.2, 0.25) is 0 Å². The summed E-state index contributed by atoms with van der Waals surface area (Å²) >= 11 is 1.68. The van der Waals surface area contributed by atoms with Crippen LogP contribution in [-0.4, -0.2) is 47.5 Å². The van der Waals surface area contributed by atoms with Gasteiger partial charge in [0.15, 0.2) is 0 Å². The first kappa shape index (κ1) is 19.5. The summed E-state index contributed by atoms with van der Waals surface area (Å²) in [7, 11) is 1.35. The van der Waals surface area contributed by atoms with Crippen LogP contribution < -0.4 is 0 Å². The molecule has 0 aromatic heterocycles. The van der Waals surface area contributed by atoms with Crippen LogP contribution in [0, 0.1) is 0 Å². The van der Waals surface area contributed by atoms with Crippen LogP contribution in [0.25, 0.3) is 10.8 Å². The first-order valence-corrected chi connectivity index (χ1v) is 9.88. The number of hydrogen-bond donors (Lipinski definition) is 0. The van der Waals surface area contributed by atoms with Gasteiger partial charge in [0.1, 0.15) is 11.6 Å². The van der Waals surface area contributed by atoms with Crippen molar-refractivity contribution in [3.63, 3.8) is 0 Å². The molecular formula is C21H25NO4S. The highest BCUT2D eigenvalue weighted by Gasteiger charge is 2.42. The van der Waals surface area contributed by atoms with Crippen LogP contribution >= 0.6 is 11.8 Å². The number of benzene rings is 2. The monoisotopic (exact) mass is 387 g/mol. The van der Waals surface area contributed by atoms with Crippen LogP contribution in [0.3, 0.4) is 0 Å². The number of rotatable bonds is 3. The summed E-state index contributed by atoms with van der Waals surface area (Å²) in [4.78, 5) is 27.4. The minimum atomic E-state index is -0.610. The fourth-order valence-corrected chi connectivity index (χ4v) is 4.44. The number of ether oxygens (including phenoxy) is 2. The Morgan fingerprint density at radius 2 is 1.81 bits per heavy atom. The van der Waals surface area contributed by atoms with E-state index in [4.69, 9.17) is 9.47 Å². The third-order valence-electron chi connectivity index (χ3n) is 4.39. The maximum absolute atomic E-state index is 12.6. The third-order valence-corrected chi connectivity index (χ3v) is 5.59. The predicted molar refractivity (Wildman–Crippen MR) is 107 cm³/mol. The van der Waals surface area contributed by atoms with E-state index in [9.17, 15) is 9.59 Å². The average Bonchev–Trinajstić information content (AvgIpc) is 3.03. The van der Waals surface area contributed by atoms with Crippen molar-refractivity contribution in [1.82, 2.24) is 4.90 Å². The second-order valence-electron chi connectivity index (χ2n) is 7.66. The Morgan fingerprint density at radius 3 is 2.48 bits per heavy atom. The fraction of sp³-hybridized carbons (Fsp3) is 0.429. The molecule has 1 heterocycles. The molecule has 27 heavy (non-hydrogen) atoms. The maximum atomic E-state index is 12.6. The number of likely N-dealkylation sites (tertiary alicyclic amines) is 1. The molecule has 1 fully saturated rings. The molecular weight excluding hydrogens is 362 g/mol. The van der Waals surface area contributed by atoms with Crippen molar-refractivity contribution in [3.05, 3.63) is 42.5 Å². The number of nitrogens with zero attached hydrogens (tertiary/aromatic N) is 1. The predicted octanol–water partition coefficient (Wildman–Crippen LogP) is 4.48. The Balaban J connectivity index is 1.76. The van der Waals surface area contributed by atoms with Crippen LogP contribution in [0.1, 0.15) is 27.2 Å². The van der Waals surface area contributed by atoms with Gasteiger partial charge >= 0.3 is 12.1 Å². The fourth-order valence-electron chi connectivity index (χ4n) is 3.20. The quantitative estimate of drug-likeness (QED) is 0.727. The van der Waals surface area contributed by atoms with E-state index in [1.165, 1.54) is 22.8 Å². The van der Waals surface area contributed by atoms with Crippen molar-refractivity contribution in [3.8, 4) is 0 Å². The smallest absolute Gasteiger partial charge is 0.411 e. The molecule has 2 aromatic carbocycles. The summed E-state index contributed by atoms with van der Waals surface area (Å²) in [5.74, 6) is -0.400. The SMILES string of the molecule is COC(=O)[C@H]1CC(Sc2ccc3ccccc3c2)CN1C(=O)OC(C)(C)C. The molecule has 0 radical (unpaired) electrons. The lowest BCUT2D eigenvalue weighted by Gasteiger charge is -2.27. The van der Waals surface area contributed by atoms with Crippen molar-refractivity contribution in [2.75, 3.05) is 13.7 Å². The first-order valence-electron chi connectivity index (χ1n) is 9.00. The zero-order valence-electron chi connectivity index (χ0n) is 16.1. The van der Waals surface area contributed by atoms with Gasteiger partial charge in [-0.2, -0.15) is 0 Å². The third kappa shape index (κ3) is 4.75. The largest absolute Gasteiger partial charge is 0.467 e. The molecule has 2 atom stereocenters. The van der Waals surface area contributed by atoms with Gasteiger partial charge in [0, 0.05) is 16.7 Å². The summed E-state index contributed by atoms with van der Waals surface area (Å²) in [5.41, 5.74) is -0.610. The number of amides is 1. The number of carbonyl (C=O) groups excluding carboxylic acids is 2. The van der Waals surface area contributed by atoms with E-state index in [0.717, 1.165) is 4.90 Å². The molecule has 1 aliphatic heterocycles. The van der Waals surface area contributed by atoms with Gasteiger partial charge in [-0.05, 0) is 50.1 Å². The van der Waals surface area contributed by atoms with Gasteiger partial charge in [0.05, 0.1) is 7.11 Å². The Morgan fingerprint density at radius 1 is 1.11 bits per heavy atom. The van der Waals surface area contributed by atoms with Crippen molar-refractivity contribution < 1.29 is 19.1 Å². The molecule has 1 amide bonds. The molecule has 5 nitrogen and oxygen atoms in total. The normalized spacial score (nSPS) is 19.9. The topological polar surface area (TPSA) is 55.8 Å². The lowest BCUT2D eigenvalue weighted by molar-refractivity contribution is -0.145. The van der Waals surface area contributed by atoms with Gasteiger partial charge in [-0.25, -0.2) is 9.59 Å². The van der Waals surface area contributed by atoms with Crippen molar-refractivity contribution in [1.29, 1.82) is 0 Å².